The molecule has 3 rings (SSSR count). The van der Waals surface area contributed by atoms with Crippen LogP contribution in [0.4, 0.5) is 0 Å². The smallest absolute Gasteiger partial charge is 0.194 e. The fourth-order valence-corrected chi connectivity index (χ4v) is 3.35. The molecule has 0 bridgehead atoms. The lowest BCUT2D eigenvalue weighted by molar-refractivity contribution is 0.327. The van der Waals surface area contributed by atoms with Crippen molar-refractivity contribution in [2.24, 2.45) is 12.0 Å². The lowest BCUT2D eigenvalue weighted by Crippen LogP contribution is -2.40. The Bertz CT molecular complexity index is 745. The second-order valence-electron chi connectivity index (χ2n) is 6.42. The topological polar surface area (TPSA) is 54.7 Å². The molecule has 1 aliphatic heterocycles. The van der Waals surface area contributed by atoms with Gasteiger partial charge in [0.25, 0.3) is 0 Å². The van der Waals surface area contributed by atoms with Crippen LogP contribution in [0.25, 0.3) is 0 Å². The van der Waals surface area contributed by atoms with E-state index in [1.54, 1.807) is 0 Å². The largest absolute Gasteiger partial charge is 0.492 e. The molecule has 1 fully saturated rings. The summed E-state index contributed by atoms with van der Waals surface area (Å²) in [7, 11) is 1.96. The SMILES string of the molecule is CCNC(=NCCOc1cccc(Cl)c1)N1CCC(c2cnn(C)c2)C1. The summed E-state index contributed by atoms with van der Waals surface area (Å²) in [5, 5.41) is 8.36. The van der Waals surface area contributed by atoms with Gasteiger partial charge < -0.3 is 15.0 Å². The highest BCUT2D eigenvalue weighted by Crippen LogP contribution is 2.26. The van der Waals surface area contributed by atoms with Crippen molar-refractivity contribution < 1.29 is 4.74 Å². The summed E-state index contributed by atoms with van der Waals surface area (Å²) >= 11 is 5.97. The Labute approximate surface area is 159 Å². The number of hydrogen-bond donors (Lipinski definition) is 1. The van der Waals surface area contributed by atoms with Crippen molar-refractivity contribution in [1.29, 1.82) is 0 Å². The van der Waals surface area contributed by atoms with Crippen LogP contribution in [0.5, 0.6) is 5.75 Å². The molecule has 0 saturated carbocycles. The number of rotatable bonds is 6. The normalized spacial score (nSPS) is 17.6. The first-order valence-corrected chi connectivity index (χ1v) is 9.43. The summed E-state index contributed by atoms with van der Waals surface area (Å²) in [4.78, 5) is 7.04. The lowest BCUT2D eigenvalue weighted by Gasteiger charge is -2.21. The van der Waals surface area contributed by atoms with Gasteiger partial charge in [-0.15, -0.1) is 0 Å². The molecule has 0 aliphatic carbocycles. The highest BCUT2D eigenvalue weighted by atomic mass is 35.5. The Balaban J connectivity index is 1.54. The van der Waals surface area contributed by atoms with E-state index in [0.717, 1.165) is 37.8 Å². The minimum atomic E-state index is 0.510. The molecule has 0 spiro atoms. The van der Waals surface area contributed by atoms with Crippen molar-refractivity contribution in [3.05, 3.63) is 47.2 Å². The molecule has 0 amide bonds. The molecule has 1 N–H and O–H groups in total. The molecule has 0 radical (unpaired) electrons. The summed E-state index contributed by atoms with van der Waals surface area (Å²) in [6, 6.07) is 7.44. The second-order valence-corrected chi connectivity index (χ2v) is 6.86. The highest BCUT2D eigenvalue weighted by molar-refractivity contribution is 6.30. The van der Waals surface area contributed by atoms with Crippen LogP contribution in [0.1, 0.15) is 24.8 Å². The molecule has 1 atom stereocenters. The van der Waals surface area contributed by atoms with Crippen LogP contribution in [0, 0.1) is 0 Å². The molecule has 6 nitrogen and oxygen atoms in total. The number of hydrogen-bond acceptors (Lipinski definition) is 3. The third kappa shape index (κ3) is 4.91. The molecule has 26 heavy (non-hydrogen) atoms. The number of nitrogens with one attached hydrogen (secondary N) is 1. The van der Waals surface area contributed by atoms with Gasteiger partial charge in [0.15, 0.2) is 5.96 Å². The fraction of sp³-hybridized carbons (Fsp3) is 0.474. The molecule has 1 unspecified atom stereocenters. The van der Waals surface area contributed by atoms with Crippen molar-refractivity contribution in [3.8, 4) is 5.75 Å². The van der Waals surface area contributed by atoms with Crippen LogP contribution in [-0.2, 0) is 7.05 Å². The van der Waals surface area contributed by atoms with Crippen LogP contribution in [0.2, 0.25) is 5.02 Å². The second kappa shape index (κ2) is 8.94. The maximum atomic E-state index is 5.97. The van der Waals surface area contributed by atoms with Crippen molar-refractivity contribution in [1.82, 2.24) is 20.0 Å². The van der Waals surface area contributed by atoms with Gasteiger partial charge in [0.05, 0.1) is 12.7 Å². The third-order valence-electron chi connectivity index (χ3n) is 4.44. The number of benzene rings is 1. The number of ether oxygens (including phenoxy) is 1. The van der Waals surface area contributed by atoms with Gasteiger partial charge in [-0.05, 0) is 37.1 Å². The van der Waals surface area contributed by atoms with Gasteiger partial charge in [0.1, 0.15) is 12.4 Å². The number of guanidine groups is 1. The number of likely N-dealkylation sites (tertiary alicyclic amines) is 1. The molecule has 140 valence electrons. The van der Waals surface area contributed by atoms with Gasteiger partial charge in [-0.1, -0.05) is 17.7 Å². The average Bonchev–Trinajstić information content (AvgIpc) is 3.27. The van der Waals surface area contributed by atoms with Crippen LogP contribution >= 0.6 is 11.6 Å². The first-order valence-electron chi connectivity index (χ1n) is 9.06. The molecular weight excluding hydrogens is 350 g/mol. The first-order chi connectivity index (χ1) is 12.7. The van der Waals surface area contributed by atoms with E-state index in [-0.39, 0.29) is 0 Å². The van der Waals surface area contributed by atoms with E-state index in [1.807, 2.05) is 42.2 Å². The number of aliphatic imine (C=N–C) groups is 1. The maximum Gasteiger partial charge on any atom is 0.194 e. The fourth-order valence-electron chi connectivity index (χ4n) is 3.17. The van der Waals surface area contributed by atoms with Crippen molar-refractivity contribution >= 4 is 17.6 Å². The quantitative estimate of drug-likeness (QED) is 0.479. The van der Waals surface area contributed by atoms with Crippen LogP contribution < -0.4 is 10.1 Å². The van der Waals surface area contributed by atoms with Gasteiger partial charge >= 0.3 is 0 Å². The standard InChI is InChI=1S/C19H26ClN5O/c1-3-21-19(22-8-10-26-18-6-4-5-17(20)11-18)25-9-7-15(14-25)16-12-23-24(2)13-16/h4-6,11-13,15H,3,7-10,14H2,1-2H3,(H,21,22). The van der Waals surface area contributed by atoms with Crippen molar-refractivity contribution in [3.63, 3.8) is 0 Å². The molecule has 1 aliphatic rings. The van der Waals surface area contributed by atoms with Crippen molar-refractivity contribution in [2.75, 3.05) is 32.8 Å². The number of halogens is 1. The number of nitrogens with zero attached hydrogens (tertiary/aromatic N) is 4. The van der Waals surface area contributed by atoms with Gasteiger partial charge in [-0.2, -0.15) is 5.10 Å². The van der Waals surface area contributed by atoms with E-state index in [1.165, 1.54) is 5.56 Å². The summed E-state index contributed by atoms with van der Waals surface area (Å²) < 4.78 is 7.59. The highest BCUT2D eigenvalue weighted by Gasteiger charge is 2.26. The van der Waals surface area contributed by atoms with E-state index < -0.39 is 0 Å². The monoisotopic (exact) mass is 375 g/mol. The predicted octanol–water partition coefficient (Wildman–Crippen LogP) is 2.91. The molecule has 2 aromatic rings. The summed E-state index contributed by atoms with van der Waals surface area (Å²) in [5.74, 6) is 2.24. The lowest BCUT2D eigenvalue weighted by atomic mass is 10.0. The molecular formula is C19H26ClN5O. The molecule has 7 heteroatoms. The Hall–Kier alpha value is -2.21. The zero-order valence-electron chi connectivity index (χ0n) is 15.4. The Morgan fingerprint density at radius 1 is 1.46 bits per heavy atom. The minimum absolute atomic E-state index is 0.510. The van der Waals surface area contributed by atoms with E-state index in [9.17, 15) is 0 Å². The Kier molecular flexibility index (Phi) is 6.39. The molecule has 2 heterocycles. The van der Waals surface area contributed by atoms with Crippen molar-refractivity contribution in [2.45, 2.75) is 19.3 Å². The number of aryl methyl sites for hydroxylation is 1. The summed E-state index contributed by atoms with van der Waals surface area (Å²) in [6.45, 7) is 6.03. The van der Waals surface area contributed by atoms with E-state index in [4.69, 9.17) is 21.3 Å². The van der Waals surface area contributed by atoms with Crippen LogP contribution in [-0.4, -0.2) is 53.4 Å². The molecule has 1 aromatic heterocycles. The summed E-state index contributed by atoms with van der Waals surface area (Å²) in [5.41, 5.74) is 1.30. The maximum absolute atomic E-state index is 5.97. The molecule has 1 aromatic carbocycles. The van der Waals surface area contributed by atoms with Gasteiger partial charge in [0, 0.05) is 43.8 Å². The Morgan fingerprint density at radius 3 is 3.08 bits per heavy atom. The predicted molar refractivity (Wildman–Crippen MR) is 105 cm³/mol. The molecule has 1 saturated heterocycles. The van der Waals surface area contributed by atoms with Gasteiger partial charge in [0.2, 0.25) is 0 Å². The van der Waals surface area contributed by atoms with E-state index in [2.05, 4.69) is 28.4 Å². The third-order valence-corrected chi connectivity index (χ3v) is 4.67. The van der Waals surface area contributed by atoms with Crippen LogP contribution in [0.3, 0.4) is 0 Å². The van der Waals surface area contributed by atoms with Gasteiger partial charge in [-0.25, -0.2) is 4.99 Å². The van der Waals surface area contributed by atoms with Crippen LogP contribution in [0.15, 0.2) is 41.7 Å². The minimum Gasteiger partial charge on any atom is -0.492 e. The van der Waals surface area contributed by atoms with Gasteiger partial charge in [-0.3, -0.25) is 4.68 Å². The summed E-state index contributed by atoms with van der Waals surface area (Å²) in [6.07, 6.45) is 5.20. The van der Waals surface area contributed by atoms with E-state index in [0.29, 0.717) is 24.1 Å². The first kappa shape index (κ1) is 18.6. The van der Waals surface area contributed by atoms with E-state index >= 15 is 0 Å². The zero-order valence-corrected chi connectivity index (χ0v) is 16.1. The Morgan fingerprint density at radius 2 is 2.35 bits per heavy atom. The average molecular weight is 376 g/mol. The zero-order chi connectivity index (χ0) is 18.4. The number of aromatic nitrogens is 2.